The van der Waals surface area contributed by atoms with Crippen LogP contribution in [0.2, 0.25) is 5.02 Å². The largest absolute Gasteiger partial charge is 0.497 e. The first-order valence-corrected chi connectivity index (χ1v) is 9.54. The number of carbonyl (C=O) groups is 1. The molecule has 7 nitrogen and oxygen atoms in total. The Morgan fingerprint density at radius 1 is 1.26 bits per heavy atom. The van der Waals surface area contributed by atoms with Gasteiger partial charge in [-0.1, -0.05) is 41.6 Å². The molecule has 1 amide bonds. The maximum absolute atomic E-state index is 12.3. The lowest BCUT2D eigenvalue weighted by atomic mass is 10.1. The van der Waals surface area contributed by atoms with Gasteiger partial charge in [-0.05, 0) is 53.2 Å². The van der Waals surface area contributed by atoms with Crippen molar-refractivity contribution < 1.29 is 9.53 Å². The number of benzene rings is 2. The van der Waals surface area contributed by atoms with Crippen molar-refractivity contribution >= 4 is 29.3 Å². The fourth-order valence-electron chi connectivity index (χ4n) is 2.47. The van der Waals surface area contributed by atoms with Gasteiger partial charge < -0.3 is 10.1 Å². The second-order valence-electron chi connectivity index (χ2n) is 5.67. The summed E-state index contributed by atoms with van der Waals surface area (Å²) in [6, 6.07) is 14.6. The Balaban J connectivity index is 1.61. The molecule has 0 saturated carbocycles. The van der Waals surface area contributed by atoms with E-state index in [0.29, 0.717) is 10.2 Å². The Bertz CT molecular complexity index is 916. The van der Waals surface area contributed by atoms with E-state index in [9.17, 15) is 4.79 Å². The average Bonchev–Trinajstić information content (AvgIpc) is 3.15. The Kier molecular flexibility index (Phi) is 6.31. The molecule has 0 aliphatic rings. The van der Waals surface area contributed by atoms with Gasteiger partial charge in [0, 0.05) is 5.02 Å². The molecule has 0 unspecified atom stereocenters. The molecular weight excluding hydrogens is 386 g/mol. The van der Waals surface area contributed by atoms with Crippen LogP contribution < -0.4 is 10.1 Å². The van der Waals surface area contributed by atoms with Crippen molar-refractivity contribution in [3.05, 3.63) is 59.1 Å². The number of halogens is 1. The maximum Gasteiger partial charge on any atom is 0.230 e. The smallest absolute Gasteiger partial charge is 0.230 e. The lowest BCUT2D eigenvalue weighted by Gasteiger charge is -2.15. The predicted octanol–water partition coefficient (Wildman–Crippen LogP) is 3.29. The minimum Gasteiger partial charge on any atom is -0.497 e. The van der Waals surface area contributed by atoms with Crippen molar-refractivity contribution in [1.82, 2.24) is 25.5 Å². The van der Waals surface area contributed by atoms with E-state index in [4.69, 9.17) is 16.3 Å². The normalized spacial score (nSPS) is 11.8. The molecule has 0 spiro atoms. The van der Waals surface area contributed by atoms with Crippen molar-refractivity contribution in [3.63, 3.8) is 0 Å². The molecule has 0 radical (unpaired) electrons. The van der Waals surface area contributed by atoms with Gasteiger partial charge in [0.25, 0.3) is 0 Å². The van der Waals surface area contributed by atoms with Crippen LogP contribution in [0, 0.1) is 0 Å². The maximum atomic E-state index is 12.3. The van der Waals surface area contributed by atoms with Crippen LogP contribution in [0.15, 0.2) is 53.7 Å². The summed E-state index contributed by atoms with van der Waals surface area (Å²) in [6.45, 7) is 1.89. The topological polar surface area (TPSA) is 81.9 Å². The zero-order valence-electron chi connectivity index (χ0n) is 14.8. The molecule has 2 aromatic carbocycles. The van der Waals surface area contributed by atoms with Gasteiger partial charge in [0.1, 0.15) is 5.75 Å². The third-order valence-electron chi connectivity index (χ3n) is 3.84. The van der Waals surface area contributed by atoms with Crippen LogP contribution in [0.25, 0.3) is 5.69 Å². The van der Waals surface area contributed by atoms with Crippen molar-refractivity contribution in [1.29, 1.82) is 0 Å². The van der Waals surface area contributed by atoms with Crippen LogP contribution in [0.3, 0.4) is 0 Å². The molecule has 1 heterocycles. The summed E-state index contributed by atoms with van der Waals surface area (Å²) in [5, 5.41) is 15.8. The fraction of sp³-hybridized carbons (Fsp3) is 0.222. The third kappa shape index (κ3) is 4.78. The second kappa shape index (κ2) is 8.88. The predicted molar refractivity (Wildman–Crippen MR) is 104 cm³/mol. The van der Waals surface area contributed by atoms with Crippen LogP contribution in [0.4, 0.5) is 0 Å². The van der Waals surface area contributed by atoms with E-state index in [0.717, 1.165) is 17.0 Å². The summed E-state index contributed by atoms with van der Waals surface area (Å²) in [5.41, 5.74) is 1.66. The summed E-state index contributed by atoms with van der Waals surface area (Å²) >= 11 is 7.43. The molecule has 3 aromatic rings. The summed E-state index contributed by atoms with van der Waals surface area (Å²) in [4.78, 5) is 12.3. The van der Waals surface area contributed by atoms with Crippen LogP contribution >= 0.6 is 23.4 Å². The summed E-state index contributed by atoms with van der Waals surface area (Å²) in [5.74, 6) is 0.802. The number of methoxy groups -OCH3 is 1. The van der Waals surface area contributed by atoms with E-state index < -0.39 is 0 Å². The molecule has 1 atom stereocenters. The van der Waals surface area contributed by atoms with Gasteiger partial charge in [-0.3, -0.25) is 4.79 Å². The number of amides is 1. The van der Waals surface area contributed by atoms with E-state index in [1.165, 1.54) is 11.8 Å². The average molecular weight is 404 g/mol. The van der Waals surface area contributed by atoms with Crippen molar-refractivity contribution in [2.45, 2.75) is 18.1 Å². The number of carbonyl (C=O) groups excluding carboxylic acids is 1. The SMILES string of the molecule is COc1ccc(-n2nnnc2SCC(=O)N[C@@H](C)c2ccccc2Cl)cc1. The molecule has 140 valence electrons. The molecule has 27 heavy (non-hydrogen) atoms. The summed E-state index contributed by atoms with van der Waals surface area (Å²) in [6.07, 6.45) is 0. The fourth-order valence-corrected chi connectivity index (χ4v) is 3.47. The number of nitrogens with zero attached hydrogens (tertiary/aromatic N) is 4. The van der Waals surface area contributed by atoms with Gasteiger partial charge in [-0.2, -0.15) is 4.68 Å². The monoisotopic (exact) mass is 403 g/mol. The van der Waals surface area contributed by atoms with E-state index >= 15 is 0 Å². The van der Waals surface area contributed by atoms with E-state index in [1.807, 2.05) is 49.4 Å². The zero-order chi connectivity index (χ0) is 19.2. The van der Waals surface area contributed by atoms with Crippen molar-refractivity contribution in [3.8, 4) is 11.4 Å². The highest BCUT2D eigenvalue weighted by molar-refractivity contribution is 7.99. The number of rotatable bonds is 7. The van der Waals surface area contributed by atoms with Gasteiger partial charge in [-0.25, -0.2) is 0 Å². The highest BCUT2D eigenvalue weighted by Gasteiger charge is 2.15. The second-order valence-corrected chi connectivity index (χ2v) is 7.02. The molecule has 0 saturated heterocycles. The number of tetrazole rings is 1. The molecular formula is C18H18ClN5O2S. The molecule has 0 aliphatic heterocycles. The quantitative estimate of drug-likeness (QED) is 0.609. The highest BCUT2D eigenvalue weighted by Crippen LogP contribution is 2.23. The van der Waals surface area contributed by atoms with Gasteiger partial charge >= 0.3 is 0 Å². The van der Waals surface area contributed by atoms with E-state index in [1.54, 1.807) is 17.9 Å². The van der Waals surface area contributed by atoms with Crippen LogP contribution in [0.1, 0.15) is 18.5 Å². The molecule has 9 heteroatoms. The van der Waals surface area contributed by atoms with Crippen LogP contribution in [0.5, 0.6) is 5.75 Å². The number of hydrogen-bond acceptors (Lipinski definition) is 6. The Morgan fingerprint density at radius 2 is 2.00 bits per heavy atom. The number of nitrogens with one attached hydrogen (secondary N) is 1. The van der Waals surface area contributed by atoms with E-state index in [2.05, 4.69) is 20.8 Å². The minimum absolute atomic E-state index is 0.128. The van der Waals surface area contributed by atoms with Gasteiger partial charge in [0.05, 0.1) is 24.6 Å². The number of ether oxygens (including phenoxy) is 1. The molecule has 0 fully saturated rings. The number of thioether (sulfide) groups is 1. The molecule has 0 aliphatic carbocycles. The summed E-state index contributed by atoms with van der Waals surface area (Å²) in [7, 11) is 1.61. The van der Waals surface area contributed by atoms with Gasteiger partial charge in [0.2, 0.25) is 11.1 Å². The first-order chi connectivity index (χ1) is 13.1. The Hall–Kier alpha value is -2.58. The minimum atomic E-state index is -0.190. The molecule has 0 bridgehead atoms. The van der Waals surface area contributed by atoms with Crippen molar-refractivity contribution in [2.75, 3.05) is 12.9 Å². The van der Waals surface area contributed by atoms with Gasteiger partial charge in [-0.15, -0.1) is 5.10 Å². The lowest BCUT2D eigenvalue weighted by Crippen LogP contribution is -2.28. The number of aromatic nitrogens is 4. The van der Waals surface area contributed by atoms with Crippen LogP contribution in [-0.4, -0.2) is 39.0 Å². The number of hydrogen-bond donors (Lipinski definition) is 1. The Labute approximate surface area is 166 Å². The molecule has 1 aromatic heterocycles. The standard InChI is InChI=1S/C18H18ClN5O2S/c1-12(15-5-3-4-6-16(15)19)20-17(25)11-27-18-21-22-23-24(18)13-7-9-14(26-2)10-8-13/h3-10,12H,11H2,1-2H3,(H,20,25)/t12-/m0/s1. The first-order valence-electron chi connectivity index (χ1n) is 8.18. The van der Waals surface area contributed by atoms with Crippen molar-refractivity contribution in [2.24, 2.45) is 0 Å². The molecule has 1 N–H and O–H groups in total. The van der Waals surface area contributed by atoms with E-state index in [-0.39, 0.29) is 17.7 Å². The van der Waals surface area contributed by atoms with Crippen LogP contribution in [-0.2, 0) is 4.79 Å². The third-order valence-corrected chi connectivity index (χ3v) is 5.10. The molecule has 3 rings (SSSR count). The summed E-state index contributed by atoms with van der Waals surface area (Å²) < 4.78 is 6.73. The highest BCUT2D eigenvalue weighted by atomic mass is 35.5. The first kappa shape index (κ1) is 19.2. The Morgan fingerprint density at radius 3 is 2.70 bits per heavy atom. The zero-order valence-corrected chi connectivity index (χ0v) is 16.4. The lowest BCUT2D eigenvalue weighted by molar-refractivity contribution is -0.119. The van der Waals surface area contributed by atoms with Gasteiger partial charge in [0.15, 0.2) is 0 Å².